The van der Waals surface area contributed by atoms with E-state index in [9.17, 15) is 18.0 Å². The zero-order chi connectivity index (χ0) is 31.3. The Morgan fingerprint density at radius 3 is 2.45 bits per heavy atom. The van der Waals surface area contributed by atoms with Gasteiger partial charge in [-0.3, -0.25) is 9.59 Å². The lowest BCUT2D eigenvalue weighted by atomic mass is 9.70. The minimum Gasteiger partial charge on any atom is -0.493 e. The molecule has 2 bridgehead atoms. The number of amides is 1. The Balaban J connectivity index is 1.25. The second-order valence-electron chi connectivity index (χ2n) is 13.3. The molecule has 3 aromatic rings. The number of hydrogen-bond donors (Lipinski definition) is 1. The molecule has 9 nitrogen and oxygen atoms in total. The molecule has 0 saturated heterocycles. The topological polar surface area (TPSA) is 109 Å². The summed E-state index contributed by atoms with van der Waals surface area (Å²) in [4.78, 5) is 32.4. The average Bonchev–Trinajstić information content (AvgIpc) is 3.68. The lowest BCUT2D eigenvalue weighted by Gasteiger charge is -2.38. The highest BCUT2D eigenvalue weighted by Crippen LogP contribution is 2.64. The van der Waals surface area contributed by atoms with Gasteiger partial charge in [-0.25, -0.2) is 8.42 Å². The number of nitrogens with zero attached hydrogens (tertiary/aromatic N) is 2. The first kappa shape index (κ1) is 30.6. The maximum atomic E-state index is 14.1. The number of fused-ring (bicyclic) bond motifs is 3. The summed E-state index contributed by atoms with van der Waals surface area (Å²) in [7, 11) is -0.727. The third-order valence-corrected chi connectivity index (χ3v) is 12.7. The maximum absolute atomic E-state index is 14.1. The van der Waals surface area contributed by atoms with E-state index in [1.807, 2.05) is 56.4 Å². The summed E-state index contributed by atoms with van der Waals surface area (Å²) < 4.78 is 40.5. The molecule has 0 aliphatic heterocycles. The molecule has 1 heterocycles. The number of hydrogen-bond acceptors (Lipinski definition) is 6. The summed E-state index contributed by atoms with van der Waals surface area (Å²) >= 11 is 0. The Morgan fingerprint density at radius 1 is 1.05 bits per heavy atom. The van der Waals surface area contributed by atoms with Crippen molar-refractivity contribution in [2.45, 2.75) is 65.0 Å². The molecule has 1 aromatic heterocycles. The van der Waals surface area contributed by atoms with Crippen molar-refractivity contribution in [3.8, 4) is 11.5 Å². The molecule has 6 rings (SSSR count). The summed E-state index contributed by atoms with van der Waals surface area (Å²) in [5, 5.41) is 1.10. The lowest BCUT2D eigenvalue weighted by Crippen LogP contribution is -2.50. The number of benzene rings is 2. The molecule has 2 atom stereocenters. The molecule has 2 aromatic carbocycles. The second-order valence-corrected chi connectivity index (χ2v) is 15.2. The molecule has 2 unspecified atom stereocenters. The van der Waals surface area contributed by atoms with Gasteiger partial charge in [-0.05, 0) is 72.8 Å². The third-order valence-electron chi connectivity index (χ3n) is 10.7. The van der Waals surface area contributed by atoms with Crippen molar-refractivity contribution in [2.24, 2.45) is 16.7 Å². The summed E-state index contributed by atoms with van der Waals surface area (Å²) in [5.41, 5.74) is 1.74. The van der Waals surface area contributed by atoms with Crippen molar-refractivity contribution in [1.29, 1.82) is 0 Å². The number of carbonyl (C=O) groups excluding carboxylic acids is 2. The zero-order valence-electron chi connectivity index (χ0n) is 26.1. The maximum Gasteiger partial charge on any atom is 0.238 e. The monoisotopic (exact) mass is 621 g/mol. The van der Waals surface area contributed by atoms with Crippen LogP contribution in [0.5, 0.6) is 11.5 Å². The number of aromatic nitrogens is 1. The van der Waals surface area contributed by atoms with E-state index in [4.69, 9.17) is 9.47 Å². The van der Waals surface area contributed by atoms with Crippen LogP contribution in [0.4, 0.5) is 0 Å². The number of rotatable bonds is 13. The number of ether oxygens (including phenoxy) is 2. The van der Waals surface area contributed by atoms with Crippen LogP contribution >= 0.6 is 0 Å². The quantitative estimate of drug-likeness (QED) is 0.290. The van der Waals surface area contributed by atoms with E-state index in [1.165, 1.54) is 4.31 Å². The van der Waals surface area contributed by atoms with Gasteiger partial charge in [0.2, 0.25) is 15.9 Å². The molecule has 1 N–H and O–H groups in total. The fourth-order valence-corrected chi connectivity index (χ4v) is 10.1. The van der Waals surface area contributed by atoms with Crippen LogP contribution in [0.25, 0.3) is 10.9 Å². The largest absolute Gasteiger partial charge is 0.493 e. The minimum atomic E-state index is -3.87. The Hall–Kier alpha value is -3.37. The van der Waals surface area contributed by atoms with Crippen molar-refractivity contribution in [1.82, 2.24) is 14.2 Å². The summed E-state index contributed by atoms with van der Waals surface area (Å²) in [6, 6.07) is 13.4. The first-order chi connectivity index (χ1) is 21.0. The number of H-pyrrole nitrogens is 1. The van der Waals surface area contributed by atoms with Gasteiger partial charge in [0.05, 0.1) is 26.5 Å². The first-order valence-corrected chi connectivity index (χ1v) is 17.2. The lowest BCUT2D eigenvalue weighted by molar-refractivity contribution is -0.132. The summed E-state index contributed by atoms with van der Waals surface area (Å²) in [6.07, 6.45) is 5.97. The molecule has 3 fully saturated rings. The number of aromatic amines is 1. The molecular formula is C34H43N3O6S. The number of nitrogens with one attached hydrogen (secondary N) is 1. The normalized spacial score (nSPS) is 22.6. The summed E-state index contributed by atoms with van der Waals surface area (Å²) in [5.74, 6) is 0.984. The van der Waals surface area contributed by atoms with Gasteiger partial charge in [0.1, 0.15) is 5.78 Å². The summed E-state index contributed by atoms with van der Waals surface area (Å²) in [6.45, 7) is 4.56. The van der Waals surface area contributed by atoms with Crippen molar-refractivity contribution in [3.63, 3.8) is 0 Å². The smallest absolute Gasteiger partial charge is 0.238 e. The highest BCUT2D eigenvalue weighted by atomic mass is 32.2. The highest BCUT2D eigenvalue weighted by Gasteiger charge is 2.66. The van der Waals surface area contributed by atoms with Crippen LogP contribution in [-0.4, -0.2) is 73.4 Å². The van der Waals surface area contributed by atoms with E-state index in [0.717, 1.165) is 41.3 Å². The first-order valence-electron chi connectivity index (χ1n) is 15.6. The Kier molecular flexibility index (Phi) is 8.03. The van der Waals surface area contributed by atoms with Crippen LogP contribution in [0.3, 0.4) is 0 Å². The van der Waals surface area contributed by atoms with Gasteiger partial charge in [-0.2, -0.15) is 4.31 Å². The molecule has 10 heteroatoms. The third kappa shape index (κ3) is 5.40. The fraction of sp³-hybridized carbons (Fsp3) is 0.529. The number of ketones is 1. The molecular weight excluding hydrogens is 578 g/mol. The molecule has 0 radical (unpaired) electrons. The SMILES string of the molecule is COc1ccc(CN(CCc2c[nH]c3ccccc23)C(=O)CN(C2CC2)S(=O)(=O)CC23CCC(CC2=O)C3(C)C)cc1OC. The van der Waals surface area contributed by atoms with Crippen molar-refractivity contribution in [3.05, 3.63) is 59.8 Å². The van der Waals surface area contributed by atoms with Gasteiger partial charge < -0.3 is 19.4 Å². The van der Waals surface area contributed by atoms with E-state index in [-0.39, 0.29) is 47.9 Å². The fourth-order valence-electron chi connectivity index (χ4n) is 7.64. The minimum absolute atomic E-state index is 0.0678. The van der Waals surface area contributed by atoms with Crippen LogP contribution in [-0.2, 0) is 32.6 Å². The van der Waals surface area contributed by atoms with Crippen LogP contribution in [0.1, 0.15) is 57.1 Å². The molecule has 236 valence electrons. The van der Waals surface area contributed by atoms with Crippen molar-refractivity contribution >= 4 is 32.6 Å². The Bertz CT molecular complexity index is 1680. The van der Waals surface area contributed by atoms with Gasteiger partial charge in [0.15, 0.2) is 11.5 Å². The number of sulfonamides is 1. The molecule has 44 heavy (non-hydrogen) atoms. The Morgan fingerprint density at radius 2 is 1.80 bits per heavy atom. The standard InChI is InChI=1S/C34H43N3O6S/c1-33(2)25-13-15-34(33,31(38)18-25)22-44(40,41)37(26-10-11-26)21-32(39)36(20-23-9-12-29(42-3)30(17-23)43-4)16-14-24-19-35-28-8-6-5-7-27(24)28/h5-9,12,17,19,25-26,35H,10-11,13-16,18,20-22H2,1-4H3. The van der Waals surface area contributed by atoms with E-state index < -0.39 is 15.4 Å². The van der Waals surface area contributed by atoms with Gasteiger partial charge in [0, 0.05) is 48.1 Å². The van der Waals surface area contributed by atoms with Gasteiger partial charge >= 0.3 is 0 Å². The molecule has 1 amide bonds. The second kappa shape index (κ2) is 11.5. The highest BCUT2D eigenvalue weighted by molar-refractivity contribution is 7.89. The zero-order valence-corrected chi connectivity index (χ0v) is 26.9. The number of para-hydroxylation sites is 1. The van der Waals surface area contributed by atoms with E-state index >= 15 is 0 Å². The molecule has 3 aliphatic carbocycles. The van der Waals surface area contributed by atoms with Crippen LogP contribution in [0.2, 0.25) is 0 Å². The van der Waals surface area contributed by atoms with Crippen molar-refractivity contribution < 1.29 is 27.5 Å². The average molecular weight is 622 g/mol. The van der Waals surface area contributed by atoms with Crippen LogP contribution < -0.4 is 9.47 Å². The molecule has 3 aliphatic rings. The van der Waals surface area contributed by atoms with E-state index in [2.05, 4.69) is 11.1 Å². The van der Waals surface area contributed by atoms with Crippen LogP contribution in [0, 0.1) is 16.7 Å². The van der Waals surface area contributed by atoms with Crippen LogP contribution in [0.15, 0.2) is 48.7 Å². The van der Waals surface area contributed by atoms with E-state index in [1.54, 1.807) is 19.1 Å². The number of methoxy groups -OCH3 is 2. The van der Waals surface area contributed by atoms with Gasteiger partial charge in [-0.15, -0.1) is 0 Å². The number of carbonyl (C=O) groups is 2. The predicted octanol–water partition coefficient (Wildman–Crippen LogP) is 4.95. The van der Waals surface area contributed by atoms with E-state index in [0.29, 0.717) is 37.3 Å². The number of Topliss-reactive ketones (excluding diaryl/α,β-unsaturated/α-hetero) is 1. The molecule has 3 saturated carbocycles. The van der Waals surface area contributed by atoms with Crippen molar-refractivity contribution in [2.75, 3.05) is 33.1 Å². The van der Waals surface area contributed by atoms with Gasteiger partial charge in [0.25, 0.3) is 0 Å². The Labute approximate surface area is 259 Å². The predicted molar refractivity (Wildman–Crippen MR) is 169 cm³/mol. The van der Waals surface area contributed by atoms with Gasteiger partial charge in [-0.1, -0.05) is 38.1 Å². The molecule has 0 spiro atoms.